The van der Waals surface area contributed by atoms with Crippen LogP contribution in [0.3, 0.4) is 0 Å². The molecule has 5 heteroatoms. The fraction of sp³-hybridized carbons (Fsp3) is 0.400. The first-order valence-electron chi connectivity index (χ1n) is 6.78. The maximum atomic E-state index is 12.5. The first-order chi connectivity index (χ1) is 9.74. The third kappa shape index (κ3) is 3.51. The quantitative estimate of drug-likeness (QED) is 0.842. The Bertz CT molecular complexity index is 465. The first-order valence-corrected chi connectivity index (χ1v) is 6.78. The number of hydrogen-bond acceptors (Lipinski definition) is 4. The van der Waals surface area contributed by atoms with Gasteiger partial charge in [-0.3, -0.25) is 4.79 Å². The Kier molecular flexibility index (Phi) is 5.01. The lowest BCUT2D eigenvalue weighted by Crippen LogP contribution is -2.38. The number of amides is 1. The summed E-state index contributed by atoms with van der Waals surface area (Å²) in [7, 11) is 0. The summed E-state index contributed by atoms with van der Waals surface area (Å²) in [5, 5.41) is 0. The van der Waals surface area contributed by atoms with Gasteiger partial charge in [-0.2, -0.15) is 0 Å². The lowest BCUT2D eigenvalue weighted by molar-refractivity contribution is -0.137. The molecular weight excluding hydrogens is 256 g/mol. The number of rotatable bonds is 7. The molecule has 5 nitrogen and oxygen atoms in total. The Morgan fingerprint density at radius 1 is 1.20 bits per heavy atom. The van der Waals surface area contributed by atoms with Crippen molar-refractivity contribution < 1.29 is 13.6 Å². The minimum atomic E-state index is -0.167. The summed E-state index contributed by atoms with van der Waals surface area (Å²) in [4.78, 5) is 14.2. The minimum absolute atomic E-state index is 0.0304. The molecule has 20 heavy (non-hydrogen) atoms. The second-order valence-corrected chi connectivity index (χ2v) is 4.69. The molecule has 1 amide bonds. The van der Waals surface area contributed by atoms with Crippen LogP contribution in [0, 0.1) is 5.92 Å². The summed E-state index contributed by atoms with van der Waals surface area (Å²) in [6.45, 7) is 3.15. The van der Waals surface area contributed by atoms with Crippen LogP contribution in [0.2, 0.25) is 0 Å². The van der Waals surface area contributed by atoms with Gasteiger partial charge in [0.15, 0.2) is 0 Å². The van der Waals surface area contributed by atoms with Crippen LogP contribution >= 0.6 is 0 Å². The molecule has 108 valence electrons. The minimum Gasteiger partial charge on any atom is -0.467 e. The standard InChI is InChI=1S/C15H20N2O3/c1-2-12(9-16)15(18)17(10-13-5-3-7-19-13)11-14-6-4-8-20-14/h3-8,12H,2,9-11,16H2,1H3. The van der Waals surface area contributed by atoms with Crippen molar-refractivity contribution in [3.05, 3.63) is 48.3 Å². The van der Waals surface area contributed by atoms with Crippen LogP contribution in [0.4, 0.5) is 0 Å². The SMILES string of the molecule is CCC(CN)C(=O)N(Cc1ccco1)Cc1ccco1. The largest absolute Gasteiger partial charge is 0.467 e. The van der Waals surface area contributed by atoms with Crippen LogP contribution < -0.4 is 5.73 Å². The molecule has 0 fully saturated rings. The van der Waals surface area contributed by atoms with Gasteiger partial charge in [-0.25, -0.2) is 0 Å². The summed E-state index contributed by atoms with van der Waals surface area (Å²) in [6.07, 6.45) is 3.93. The van der Waals surface area contributed by atoms with Gasteiger partial charge in [0, 0.05) is 6.54 Å². The maximum Gasteiger partial charge on any atom is 0.227 e. The van der Waals surface area contributed by atoms with Gasteiger partial charge in [0.25, 0.3) is 0 Å². The van der Waals surface area contributed by atoms with E-state index in [2.05, 4.69) is 0 Å². The molecule has 1 atom stereocenters. The van der Waals surface area contributed by atoms with Crippen LogP contribution in [0.1, 0.15) is 24.9 Å². The van der Waals surface area contributed by atoms with Crippen molar-refractivity contribution in [2.45, 2.75) is 26.4 Å². The number of carbonyl (C=O) groups excluding carboxylic acids is 1. The number of hydrogen-bond donors (Lipinski definition) is 1. The topological polar surface area (TPSA) is 72.6 Å². The van der Waals surface area contributed by atoms with Crippen molar-refractivity contribution in [2.75, 3.05) is 6.54 Å². The van der Waals surface area contributed by atoms with Crippen LogP contribution in [-0.2, 0) is 17.9 Å². The predicted molar refractivity (Wildman–Crippen MR) is 74.5 cm³/mol. The van der Waals surface area contributed by atoms with Crippen molar-refractivity contribution in [2.24, 2.45) is 11.7 Å². The molecule has 0 radical (unpaired) electrons. The van der Waals surface area contributed by atoms with Crippen LogP contribution in [0.5, 0.6) is 0 Å². The highest BCUT2D eigenvalue weighted by Crippen LogP contribution is 2.15. The van der Waals surface area contributed by atoms with Gasteiger partial charge in [0.2, 0.25) is 5.91 Å². The lowest BCUT2D eigenvalue weighted by atomic mass is 10.1. The molecule has 0 aliphatic rings. The fourth-order valence-corrected chi connectivity index (χ4v) is 2.09. The molecule has 0 saturated heterocycles. The predicted octanol–water partition coefficient (Wildman–Crippen LogP) is 2.39. The van der Waals surface area contributed by atoms with E-state index in [0.717, 1.165) is 17.9 Å². The van der Waals surface area contributed by atoms with Crippen molar-refractivity contribution in [3.63, 3.8) is 0 Å². The van der Waals surface area contributed by atoms with Gasteiger partial charge in [-0.1, -0.05) is 6.92 Å². The van der Waals surface area contributed by atoms with E-state index >= 15 is 0 Å². The second kappa shape index (κ2) is 6.96. The molecule has 0 aliphatic carbocycles. The number of carbonyl (C=O) groups is 1. The lowest BCUT2D eigenvalue weighted by Gasteiger charge is -2.24. The van der Waals surface area contributed by atoms with Gasteiger partial charge < -0.3 is 19.5 Å². The van der Waals surface area contributed by atoms with Crippen LogP contribution in [0.25, 0.3) is 0 Å². The van der Waals surface area contributed by atoms with Gasteiger partial charge in [0.1, 0.15) is 11.5 Å². The first kappa shape index (κ1) is 14.4. The smallest absolute Gasteiger partial charge is 0.227 e. The Hall–Kier alpha value is -2.01. The van der Waals surface area contributed by atoms with Crippen molar-refractivity contribution in [1.82, 2.24) is 4.90 Å². The van der Waals surface area contributed by atoms with Gasteiger partial charge in [0.05, 0.1) is 31.5 Å². The van der Waals surface area contributed by atoms with Crippen LogP contribution in [-0.4, -0.2) is 17.4 Å². The summed E-state index contributed by atoms with van der Waals surface area (Å²) in [5.41, 5.74) is 5.67. The van der Waals surface area contributed by atoms with Crippen molar-refractivity contribution in [3.8, 4) is 0 Å². The van der Waals surface area contributed by atoms with E-state index in [0.29, 0.717) is 19.6 Å². The van der Waals surface area contributed by atoms with Gasteiger partial charge in [-0.05, 0) is 30.7 Å². The zero-order valence-corrected chi connectivity index (χ0v) is 11.6. The molecule has 2 aromatic heterocycles. The fourth-order valence-electron chi connectivity index (χ4n) is 2.09. The van der Waals surface area contributed by atoms with E-state index in [1.807, 2.05) is 31.2 Å². The van der Waals surface area contributed by atoms with Gasteiger partial charge >= 0.3 is 0 Å². The van der Waals surface area contributed by atoms with E-state index in [-0.39, 0.29) is 11.8 Å². The molecular formula is C15H20N2O3. The molecule has 2 N–H and O–H groups in total. The molecule has 2 heterocycles. The average molecular weight is 276 g/mol. The Morgan fingerprint density at radius 2 is 1.75 bits per heavy atom. The normalized spacial score (nSPS) is 12.3. The van der Waals surface area contributed by atoms with E-state index in [1.54, 1.807) is 17.4 Å². The number of furan rings is 2. The van der Waals surface area contributed by atoms with E-state index < -0.39 is 0 Å². The molecule has 0 saturated carbocycles. The van der Waals surface area contributed by atoms with Crippen molar-refractivity contribution >= 4 is 5.91 Å². The highest BCUT2D eigenvalue weighted by Gasteiger charge is 2.23. The highest BCUT2D eigenvalue weighted by atomic mass is 16.3. The summed E-state index contributed by atoms with van der Waals surface area (Å²) in [6, 6.07) is 7.33. The summed E-state index contributed by atoms with van der Waals surface area (Å²) < 4.78 is 10.6. The molecule has 0 spiro atoms. The third-order valence-corrected chi connectivity index (χ3v) is 3.29. The molecule has 0 aromatic carbocycles. The maximum absolute atomic E-state index is 12.5. The Balaban J connectivity index is 2.12. The van der Waals surface area contributed by atoms with E-state index in [4.69, 9.17) is 14.6 Å². The van der Waals surface area contributed by atoms with Gasteiger partial charge in [-0.15, -0.1) is 0 Å². The van der Waals surface area contributed by atoms with Crippen molar-refractivity contribution in [1.29, 1.82) is 0 Å². The van der Waals surface area contributed by atoms with Crippen LogP contribution in [0.15, 0.2) is 45.6 Å². The Morgan fingerprint density at radius 3 is 2.10 bits per heavy atom. The molecule has 2 aromatic rings. The highest BCUT2D eigenvalue weighted by molar-refractivity contribution is 5.79. The molecule has 0 aliphatic heterocycles. The average Bonchev–Trinajstić information content (AvgIpc) is 3.12. The molecule has 1 unspecified atom stereocenters. The zero-order valence-electron chi connectivity index (χ0n) is 11.6. The monoisotopic (exact) mass is 276 g/mol. The second-order valence-electron chi connectivity index (χ2n) is 4.69. The number of nitrogens with two attached hydrogens (primary N) is 1. The number of nitrogens with zero attached hydrogens (tertiary/aromatic N) is 1. The Labute approximate surface area is 118 Å². The zero-order chi connectivity index (χ0) is 14.4. The van der Waals surface area contributed by atoms with E-state index in [1.165, 1.54) is 0 Å². The van der Waals surface area contributed by atoms with E-state index in [9.17, 15) is 4.79 Å². The molecule has 0 bridgehead atoms. The summed E-state index contributed by atoms with van der Waals surface area (Å²) in [5.74, 6) is 1.36. The summed E-state index contributed by atoms with van der Waals surface area (Å²) >= 11 is 0. The third-order valence-electron chi connectivity index (χ3n) is 3.29. The molecule has 2 rings (SSSR count).